The van der Waals surface area contributed by atoms with Crippen LogP contribution in [-0.4, -0.2) is 50.0 Å². The second-order valence-corrected chi connectivity index (χ2v) is 14.6. The minimum absolute atomic E-state index is 0.0270. The molecule has 0 aliphatic rings. The molecule has 2 amide bonds. The molecule has 43 heavy (non-hydrogen) atoms. The predicted molar refractivity (Wildman–Crippen MR) is 176 cm³/mol. The average molecular weight is 647 g/mol. The summed E-state index contributed by atoms with van der Waals surface area (Å²) in [6.45, 7) is 9.53. The summed E-state index contributed by atoms with van der Waals surface area (Å²) in [5.74, 6) is -0.881. The van der Waals surface area contributed by atoms with Crippen LogP contribution in [0.1, 0.15) is 57.7 Å². The SMILES string of the molecule is CC[C@H](C)NC(=O)[C@@H](Cc1ccccc1)N(Cc1ccc(Cl)cc1Cl)C(=O)CN(c1ccc(C(C)(C)C)cc1)S(C)(=O)=O. The van der Waals surface area contributed by atoms with Gasteiger partial charge in [-0.25, -0.2) is 8.42 Å². The van der Waals surface area contributed by atoms with Crippen molar-refractivity contribution in [3.63, 3.8) is 0 Å². The number of nitrogens with one attached hydrogen (secondary N) is 1. The Morgan fingerprint density at radius 1 is 0.953 bits per heavy atom. The number of hydrogen-bond acceptors (Lipinski definition) is 4. The Kier molecular flexibility index (Phi) is 11.7. The summed E-state index contributed by atoms with van der Waals surface area (Å²) < 4.78 is 27.2. The van der Waals surface area contributed by atoms with Crippen molar-refractivity contribution in [2.24, 2.45) is 0 Å². The predicted octanol–water partition coefficient (Wildman–Crippen LogP) is 6.61. The molecule has 0 radical (unpaired) electrons. The molecule has 0 heterocycles. The summed E-state index contributed by atoms with van der Waals surface area (Å²) >= 11 is 12.7. The van der Waals surface area contributed by atoms with E-state index in [1.807, 2.05) is 56.3 Å². The molecular weight excluding hydrogens is 605 g/mol. The second kappa shape index (κ2) is 14.6. The number of carbonyl (C=O) groups excluding carboxylic acids is 2. The van der Waals surface area contributed by atoms with E-state index in [1.54, 1.807) is 30.3 Å². The van der Waals surface area contributed by atoms with E-state index in [2.05, 4.69) is 26.1 Å². The molecule has 0 fully saturated rings. The first-order valence-corrected chi connectivity index (χ1v) is 16.9. The molecule has 0 spiro atoms. The maximum atomic E-state index is 14.2. The van der Waals surface area contributed by atoms with Gasteiger partial charge in [0.25, 0.3) is 0 Å². The Balaban J connectivity index is 2.08. The van der Waals surface area contributed by atoms with Crippen LogP contribution in [0.2, 0.25) is 10.0 Å². The van der Waals surface area contributed by atoms with Crippen LogP contribution in [0.15, 0.2) is 72.8 Å². The molecule has 3 aromatic rings. The first-order chi connectivity index (χ1) is 20.1. The van der Waals surface area contributed by atoms with E-state index in [0.29, 0.717) is 27.7 Å². The molecule has 10 heteroatoms. The Bertz CT molecular complexity index is 1510. The highest BCUT2D eigenvalue weighted by atomic mass is 35.5. The van der Waals surface area contributed by atoms with E-state index in [9.17, 15) is 18.0 Å². The van der Waals surface area contributed by atoms with Gasteiger partial charge in [0.2, 0.25) is 21.8 Å². The van der Waals surface area contributed by atoms with E-state index in [0.717, 1.165) is 21.7 Å². The van der Waals surface area contributed by atoms with Crippen LogP contribution < -0.4 is 9.62 Å². The van der Waals surface area contributed by atoms with E-state index >= 15 is 0 Å². The summed E-state index contributed by atoms with van der Waals surface area (Å²) in [6.07, 6.45) is 1.99. The smallest absolute Gasteiger partial charge is 0.244 e. The van der Waals surface area contributed by atoms with Crippen molar-refractivity contribution in [3.05, 3.63) is 99.5 Å². The van der Waals surface area contributed by atoms with E-state index in [-0.39, 0.29) is 30.3 Å². The maximum absolute atomic E-state index is 14.2. The lowest BCUT2D eigenvalue weighted by atomic mass is 9.87. The Hall–Kier alpha value is -3.07. The van der Waals surface area contributed by atoms with Crippen molar-refractivity contribution in [1.82, 2.24) is 10.2 Å². The van der Waals surface area contributed by atoms with Gasteiger partial charge in [0, 0.05) is 29.1 Å². The number of benzene rings is 3. The summed E-state index contributed by atoms with van der Waals surface area (Å²) in [7, 11) is -3.87. The van der Waals surface area contributed by atoms with Crippen molar-refractivity contribution >= 4 is 50.7 Å². The maximum Gasteiger partial charge on any atom is 0.244 e. The van der Waals surface area contributed by atoms with Gasteiger partial charge in [0.15, 0.2) is 0 Å². The summed E-state index contributed by atoms with van der Waals surface area (Å²) in [4.78, 5) is 29.4. The van der Waals surface area contributed by atoms with E-state index in [1.165, 1.54) is 4.90 Å². The topological polar surface area (TPSA) is 86.8 Å². The number of rotatable bonds is 12. The number of sulfonamides is 1. The van der Waals surface area contributed by atoms with Crippen LogP contribution in [-0.2, 0) is 38.0 Å². The summed E-state index contributed by atoms with van der Waals surface area (Å²) in [5, 5.41) is 3.78. The van der Waals surface area contributed by atoms with Gasteiger partial charge >= 0.3 is 0 Å². The molecule has 0 bridgehead atoms. The van der Waals surface area contributed by atoms with E-state index < -0.39 is 28.5 Å². The van der Waals surface area contributed by atoms with Crippen molar-refractivity contribution in [2.45, 2.75) is 71.5 Å². The Morgan fingerprint density at radius 3 is 2.12 bits per heavy atom. The average Bonchev–Trinajstić information content (AvgIpc) is 2.94. The molecule has 3 rings (SSSR count). The number of anilines is 1. The van der Waals surface area contributed by atoms with Gasteiger partial charge in [0.1, 0.15) is 12.6 Å². The molecule has 3 aromatic carbocycles. The van der Waals surface area contributed by atoms with Gasteiger partial charge in [-0.2, -0.15) is 0 Å². The zero-order chi connectivity index (χ0) is 31.9. The fraction of sp³-hybridized carbons (Fsp3) is 0.394. The number of halogens is 2. The van der Waals surface area contributed by atoms with Crippen molar-refractivity contribution in [2.75, 3.05) is 17.1 Å². The van der Waals surface area contributed by atoms with Crippen LogP contribution >= 0.6 is 23.2 Å². The van der Waals surface area contributed by atoms with E-state index in [4.69, 9.17) is 23.2 Å². The quantitative estimate of drug-likeness (QED) is 0.240. The van der Waals surface area contributed by atoms with Crippen molar-refractivity contribution in [3.8, 4) is 0 Å². The van der Waals surface area contributed by atoms with Crippen LogP contribution in [0.4, 0.5) is 5.69 Å². The van der Waals surface area contributed by atoms with Gasteiger partial charge in [-0.05, 0) is 59.7 Å². The highest BCUT2D eigenvalue weighted by molar-refractivity contribution is 7.92. The second-order valence-electron chi connectivity index (χ2n) is 11.8. The van der Waals surface area contributed by atoms with Gasteiger partial charge in [-0.3, -0.25) is 13.9 Å². The Labute approximate surface area is 266 Å². The third-order valence-electron chi connectivity index (χ3n) is 7.33. The number of carbonyl (C=O) groups is 2. The van der Waals surface area contributed by atoms with Crippen LogP contribution in [0.3, 0.4) is 0 Å². The molecule has 0 saturated heterocycles. The largest absolute Gasteiger partial charge is 0.352 e. The van der Waals surface area contributed by atoms with Gasteiger partial charge in [-0.15, -0.1) is 0 Å². The first kappa shape index (κ1) is 34.4. The van der Waals surface area contributed by atoms with Crippen molar-refractivity contribution < 1.29 is 18.0 Å². The molecule has 232 valence electrons. The van der Waals surface area contributed by atoms with Gasteiger partial charge < -0.3 is 10.2 Å². The highest BCUT2D eigenvalue weighted by Crippen LogP contribution is 2.28. The van der Waals surface area contributed by atoms with Crippen LogP contribution in [0.5, 0.6) is 0 Å². The minimum Gasteiger partial charge on any atom is -0.352 e. The normalized spacial score (nSPS) is 13.2. The number of amides is 2. The summed E-state index contributed by atoms with van der Waals surface area (Å²) in [5.41, 5.74) is 2.68. The van der Waals surface area contributed by atoms with Crippen LogP contribution in [0.25, 0.3) is 0 Å². The fourth-order valence-electron chi connectivity index (χ4n) is 4.57. The molecule has 0 aliphatic carbocycles. The molecule has 0 aromatic heterocycles. The lowest BCUT2D eigenvalue weighted by Gasteiger charge is -2.34. The molecule has 0 aliphatic heterocycles. The number of nitrogens with zero attached hydrogens (tertiary/aromatic N) is 2. The third kappa shape index (κ3) is 9.71. The summed E-state index contributed by atoms with van der Waals surface area (Å²) in [6, 6.07) is 20.4. The third-order valence-corrected chi connectivity index (χ3v) is 9.06. The monoisotopic (exact) mass is 645 g/mol. The molecule has 7 nitrogen and oxygen atoms in total. The molecular formula is C33H41Cl2N3O4S. The van der Waals surface area contributed by atoms with Crippen molar-refractivity contribution in [1.29, 1.82) is 0 Å². The zero-order valence-corrected chi connectivity index (χ0v) is 27.9. The molecule has 1 N–H and O–H groups in total. The highest BCUT2D eigenvalue weighted by Gasteiger charge is 2.34. The van der Waals surface area contributed by atoms with Crippen LogP contribution in [0, 0.1) is 0 Å². The first-order valence-electron chi connectivity index (χ1n) is 14.3. The standard InChI is InChI=1S/C33H41Cl2N3O4S/c1-7-23(2)36-32(40)30(19-24-11-9-8-10-12-24)37(21-25-13-16-27(34)20-29(25)35)31(39)22-38(43(6,41)42)28-17-14-26(15-18-28)33(3,4)5/h8-18,20,23,30H,7,19,21-22H2,1-6H3,(H,36,40)/t23-,30+/m0/s1. The lowest BCUT2D eigenvalue weighted by molar-refractivity contribution is -0.140. The molecule has 0 unspecified atom stereocenters. The number of hydrogen-bond donors (Lipinski definition) is 1. The lowest BCUT2D eigenvalue weighted by Crippen LogP contribution is -2.54. The Morgan fingerprint density at radius 2 is 1.58 bits per heavy atom. The zero-order valence-electron chi connectivity index (χ0n) is 25.6. The van der Waals surface area contributed by atoms with Gasteiger partial charge in [-0.1, -0.05) is 99.4 Å². The van der Waals surface area contributed by atoms with Gasteiger partial charge in [0.05, 0.1) is 11.9 Å². The minimum atomic E-state index is -3.87. The molecule has 0 saturated carbocycles. The fourth-order valence-corrected chi connectivity index (χ4v) is 5.89. The molecule has 2 atom stereocenters.